The molecule has 150 valence electrons. The Morgan fingerprint density at radius 1 is 1.36 bits per heavy atom. The third-order valence-corrected chi connectivity index (χ3v) is 4.42. The smallest absolute Gasteiger partial charge is 0.318 e. The number of benzene rings is 1. The number of amides is 3. The van der Waals surface area contributed by atoms with E-state index in [2.05, 4.69) is 10.4 Å². The molecule has 3 N–H and O–H groups in total. The first-order valence-corrected chi connectivity index (χ1v) is 8.91. The highest BCUT2D eigenvalue weighted by molar-refractivity contribution is 6.00. The van der Waals surface area contributed by atoms with Gasteiger partial charge in [-0.3, -0.25) is 9.48 Å². The highest BCUT2D eigenvalue weighted by Gasteiger charge is 2.35. The van der Waals surface area contributed by atoms with Crippen molar-refractivity contribution in [1.29, 1.82) is 0 Å². The van der Waals surface area contributed by atoms with Crippen LogP contribution < -0.4 is 11.1 Å². The fraction of sp³-hybridized carbons (Fsp3) is 0.421. The van der Waals surface area contributed by atoms with Crippen LogP contribution in [0.4, 0.5) is 13.6 Å². The third-order valence-electron chi connectivity index (χ3n) is 4.42. The molecule has 0 fully saturated rings. The number of nitrogens with two attached hydrogens (primary N) is 1. The Bertz CT molecular complexity index is 920. The summed E-state index contributed by atoms with van der Waals surface area (Å²) in [7, 11) is 0. The number of aromatic nitrogens is 2. The molecule has 3 amide bonds. The van der Waals surface area contributed by atoms with Crippen LogP contribution in [0.1, 0.15) is 42.9 Å². The van der Waals surface area contributed by atoms with Crippen LogP contribution >= 0.6 is 0 Å². The predicted octanol–water partition coefficient (Wildman–Crippen LogP) is 2.62. The predicted molar refractivity (Wildman–Crippen MR) is 99.8 cm³/mol. The Morgan fingerprint density at radius 2 is 2.07 bits per heavy atom. The number of nitrogens with one attached hydrogen (secondary N) is 1. The first-order valence-electron chi connectivity index (χ1n) is 8.91. The number of carbonyl (C=O) groups excluding carboxylic acids is 2. The molecule has 0 radical (unpaired) electrons. The average Bonchev–Trinajstić information content (AvgIpc) is 2.99. The van der Waals surface area contributed by atoms with E-state index in [0.717, 1.165) is 0 Å². The van der Waals surface area contributed by atoms with Crippen LogP contribution in [-0.2, 0) is 6.54 Å². The molecule has 7 nitrogen and oxygen atoms in total. The van der Waals surface area contributed by atoms with Gasteiger partial charge < -0.3 is 16.0 Å². The number of urea groups is 1. The fourth-order valence-electron chi connectivity index (χ4n) is 3.27. The van der Waals surface area contributed by atoms with Crippen LogP contribution in [-0.4, -0.2) is 45.4 Å². The number of halogens is 2. The van der Waals surface area contributed by atoms with E-state index in [4.69, 9.17) is 5.73 Å². The van der Waals surface area contributed by atoms with Gasteiger partial charge in [-0.1, -0.05) is 12.1 Å². The van der Waals surface area contributed by atoms with Crippen LogP contribution in [0.25, 0.3) is 11.3 Å². The van der Waals surface area contributed by atoms with Gasteiger partial charge in [-0.05, 0) is 32.9 Å². The summed E-state index contributed by atoms with van der Waals surface area (Å²) < 4.78 is 28.8. The van der Waals surface area contributed by atoms with Gasteiger partial charge in [0.25, 0.3) is 5.91 Å². The highest BCUT2D eigenvalue weighted by atomic mass is 19.1. The zero-order valence-electron chi connectivity index (χ0n) is 16.0. The van der Waals surface area contributed by atoms with E-state index < -0.39 is 30.0 Å². The number of rotatable bonds is 3. The quantitative estimate of drug-likeness (QED) is 0.842. The molecule has 0 saturated carbocycles. The summed E-state index contributed by atoms with van der Waals surface area (Å²) >= 11 is 0. The Hall–Kier alpha value is -2.97. The van der Waals surface area contributed by atoms with Crippen molar-refractivity contribution in [2.75, 3.05) is 13.2 Å². The minimum atomic E-state index is -0.783. The van der Waals surface area contributed by atoms with Crippen molar-refractivity contribution in [3.8, 4) is 11.3 Å². The van der Waals surface area contributed by atoms with E-state index in [9.17, 15) is 18.4 Å². The van der Waals surface area contributed by atoms with Crippen LogP contribution in [0.2, 0.25) is 0 Å². The number of nitrogens with zero attached hydrogens (tertiary/aromatic N) is 3. The maximum absolute atomic E-state index is 13.7. The normalized spacial score (nSPS) is 16.6. The SMILES string of the molecule is CC(C)(C)NC(=O)N1Cc2c(C(N)=O)c(-c3cccc(F)c3)nn2C(CF)C1. The molecule has 2 aromatic rings. The second-order valence-corrected chi connectivity index (χ2v) is 7.86. The summed E-state index contributed by atoms with van der Waals surface area (Å²) in [5, 5.41) is 7.18. The van der Waals surface area contributed by atoms with Crippen LogP contribution in [0, 0.1) is 5.82 Å². The first-order chi connectivity index (χ1) is 13.1. The number of primary amides is 1. The van der Waals surface area contributed by atoms with E-state index in [-0.39, 0.29) is 30.4 Å². The largest absolute Gasteiger partial charge is 0.365 e. The van der Waals surface area contributed by atoms with Gasteiger partial charge in [-0.25, -0.2) is 13.6 Å². The van der Waals surface area contributed by atoms with Crippen molar-refractivity contribution in [1.82, 2.24) is 20.0 Å². The molecular formula is C19H23F2N5O2. The molecule has 0 bridgehead atoms. The monoisotopic (exact) mass is 391 g/mol. The van der Waals surface area contributed by atoms with Crippen LogP contribution in [0.15, 0.2) is 24.3 Å². The number of hydrogen-bond donors (Lipinski definition) is 2. The second-order valence-electron chi connectivity index (χ2n) is 7.86. The van der Waals surface area contributed by atoms with E-state index in [0.29, 0.717) is 11.3 Å². The number of alkyl halides is 1. The van der Waals surface area contributed by atoms with E-state index >= 15 is 0 Å². The first kappa shape index (κ1) is 19.8. The fourth-order valence-corrected chi connectivity index (χ4v) is 3.27. The number of carbonyl (C=O) groups is 2. The lowest BCUT2D eigenvalue weighted by molar-refractivity contribution is 0.0994. The summed E-state index contributed by atoms with van der Waals surface area (Å²) in [4.78, 5) is 26.2. The van der Waals surface area contributed by atoms with E-state index in [1.807, 2.05) is 20.8 Å². The summed E-state index contributed by atoms with van der Waals surface area (Å²) in [6, 6.07) is 4.44. The molecular weight excluding hydrogens is 368 g/mol. The van der Waals surface area contributed by atoms with Crippen LogP contribution in [0.3, 0.4) is 0 Å². The topological polar surface area (TPSA) is 93.2 Å². The van der Waals surface area contributed by atoms with Gasteiger partial charge in [0.2, 0.25) is 0 Å². The van der Waals surface area contributed by atoms with Crippen molar-refractivity contribution in [2.24, 2.45) is 5.73 Å². The summed E-state index contributed by atoms with van der Waals surface area (Å²) in [6.07, 6.45) is 0. The van der Waals surface area contributed by atoms with Gasteiger partial charge in [0.05, 0.1) is 23.8 Å². The molecule has 9 heteroatoms. The summed E-state index contributed by atoms with van der Waals surface area (Å²) in [5.74, 6) is -1.26. The lowest BCUT2D eigenvalue weighted by atomic mass is 10.0. The van der Waals surface area contributed by atoms with E-state index in [1.165, 1.54) is 27.8 Å². The molecule has 2 heterocycles. The zero-order chi connectivity index (χ0) is 20.6. The van der Waals surface area contributed by atoms with Gasteiger partial charge in [0.1, 0.15) is 18.2 Å². The number of hydrogen-bond acceptors (Lipinski definition) is 3. The van der Waals surface area contributed by atoms with Gasteiger partial charge in [0.15, 0.2) is 0 Å². The minimum absolute atomic E-state index is 0.0407. The number of fused-ring (bicyclic) bond motifs is 1. The van der Waals surface area contributed by atoms with Crippen molar-refractivity contribution in [3.05, 3.63) is 41.3 Å². The van der Waals surface area contributed by atoms with Gasteiger partial charge in [-0.15, -0.1) is 0 Å². The Kier molecular flexibility index (Phi) is 5.10. The highest BCUT2D eigenvalue weighted by Crippen LogP contribution is 2.32. The molecule has 3 rings (SSSR count). The Balaban J connectivity index is 2.07. The average molecular weight is 391 g/mol. The van der Waals surface area contributed by atoms with Crippen molar-refractivity contribution < 1.29 is 18.4 Å². The molecule has 28 heavy (non-hydrogen) atoms. The van der Waals surface area contributed by atoms with Crippen molar-refractivity contribution >= 4 is 11.9 Å². The maximum atomic E-state index is 13.7. The molecule has 1 aliphatic heterocycles. The summed E-state index contributed by atoms with van der Waals surface area (Å²) in [5.41, 5.74) is 6.04. The van der Waals surface area contributed by atoms with Gasteiger partial charge >= 0.3 is 6.03 Å². The summed E-state index contributed by atoms with van der Waals surface area (Å²) in [6.45, 7) is 4.86. The lowest BCUT2D eigenvalue weighted by Crippen LogP contribution is -2.52. The van der Waals surface area contributed by atoms with Gasteiger partial charge in [-0.2, -0.15) is 5.10 Å². The van der Waals surface area contributed by atoms with E-state index in [1.54, 1.807) is 6.07 Å². The maximum Gasteiger partial charge on any atom is 0.318 e. The molecule has 1 unspecified atom stereocenters. The molecule has 0 aliphatic carbocycles. The molecule has 1 atom stereocenters. The second kappa shape index (κ2) is 7.21. The lowest BCUT2D eigenvalue weighted by Gasteiger charge is -2.35. The Morgan fingerprint density at radius 3 is 2.64 bits per heavy atom. The standard InChI is InChI=1S/C19H23F2N5O2/c1-19(2,3)23-18(28)25-9-13(8-20)26-14(10-25)15(17(22)27)16(24-26)11-5-4-6-12(21)7-11/h4-7,13H,8-10H2,1-3H3,(H2,22,27)(H,23,28). The molecule has 0 saturated heterocycles. The van der Waals surface area contributed by atoms with Crippen molar-refractivity contribution in [2.45, 2.75) is 38.9 Å². The van der Waals surface area contributed by atoms with Gasteiger partial charge in [0, 0.05) is 17.6 Å². The molecule has 0 spiro atoms. The molecule has 1 aromatic carbocycles. The molecule has 1 aromatic heterocycles. The Labute approximate surface area is 161 Å². The third kappa shape index (κ3) is 3.83. The minimum Gasteiger partial charge on any atom is -0.365 e. The van der Waals surface area contributed by atoms with Crippen molar-refractivity contribution in [3.63, 3.8) is 0 Å². The van der Waals surface area contributed by atoms with Crippen LogP contribution in [0.5, 0.6) is 0 Å². The zero-order valence-corrected chi connectivity index (χ0v) is 16.0. The molecule has 1 aliphatic rings.